The van der Waals surface area contributed by atoms with Gasteiger partial charge in [0.25, 0.3) is 0 Å². The molecule has 0 bridgehead atoms. The van der Waals surface area contributed by atoms with Gasteiger partial charge in [-0.15, -0.1) is 0 Å². The molecule has 0 aliphatic carbocycles. The summed E-state index contributed by atoms with van der Waals surface area (Å²) in [5.41, 5.74) is 1.32. The SMILES string of the molecule is COc1ccc(OC)c(CC(=O)N[C@H](C(=O)N[C@@H](CC(=O)O)C(=O)C[S+]([O-])Cc2ccccc2)C(C)C)c1. The zero-order chi connectivity index (χ0) is 28.2. The minimum atomic E-state index is -1.59. The lowest BCUT2D eigenvalue weighted by atomic mass is 10.0. The van der Waals surface area contributed by atoms with E-state index in [9.17, 15) is 28.8 Å². The number of ether oxygens (including phenoxy) is 2. The van der Waals surface area contributed by atoms with Crippen molar-refractivity contribution in [3.8, 4) is 11.5 Å². The standard InChI is InChI=1S/C27H34N2O8S/c1-17(2)26(29-24(31)13-19-12-20(36-3)10-11-23(19)37-4)27(34)28-21(14-25(32)33)22(30)16-38(35)15-18-8-6-5-7-9-18/h5-12,17,21,26H,13-16H2,1-4H3,(H,28,34)(H,29,31)(H,32,33)/t21-,26-,38?/m0/s1. The Morgan fingerprint density at radius 3 is 2.26 bits per heavy atom. The van der Waals surface area contributed by atoms with Crippen molar-refractivity contribution in [3.05, 3.63) is 59.7 Å². The summed E-state index contributed by atoms with van der Waals surface area (Å²) >= 11 is -1.59. The predicted octanol–water partition coefficient (Wildman–Crippen LogP) is 1.86. The number of carboxylic acid groups (broad SMARTS) is 1. The Morgan fingerprint density at radius 1 is 1.00 bits per heavy atom. The van der Waals surface area contributed by atoms with Gasteiger partial charge in [0.1, 0.15) is 29.3 Å². The van der Waals surface area contributed by atoms with Crippen LogP contribution in [-0.4, -0.2) is 65.3 Å². The van der Waals surface area contributed by atoms with Gasteiger partial charge in [0.15, 0.2) is 5.75 Å². The van der Waals surface area contributed by atoms with Gasteiger partial charge in [-0.05, 0) is 35.3 Å². The quantitative estimate of drug-likeness (QED) is 0.286. The molecule has 0 fully saturated rings. The van der Waals surface area contributed by atoms with E-state index in [4.69, 9.17) is 9.47 Å². The average Bonchev–Trinajstić information content (AvgIpc) is 2.86. The number of hydrogen-bond donors (Lipinski definition) is 3. The highest BCUT2D eigenvalue weighted by atomic mass is 32.2. The monoisotopic (exact) mass is 546 g/mol. The molecule has 10 nitrogen and oxygen atoms in total. The Labute approximate surface area is 225 Å². The Balaban J connectivity index is 2.08. The lowest BCUT2D eigenvalue weighted by molar-refractivity contribution is -0.140. The van der Waals surface area contributed by atoms with E-state index in [-0.39, 0.29) is 18.1 Å². The van der Waals surface area contributed by atoms with Gasteiger partial charge in [-0.25, -0.2) is 0 Å². The van der Waals surface area contributed by atoms with Crippen molar-refractivity contribution in [1.29, 1.82) is 0 Å². The third-order valence-corrected chi connectivity index (χ3v) is 6.92. The molecule has 0 saturated heterocycles. The van der Waals surface area contributed by atoms with Crippen molar-refractivity contribution >= 4 is 34.7 Å². The van der Waals surface area contributed by atoms with E-state index in [2.05, 4.69) is 10.6 Å². The summed E-state index contributed by atoms with van der Waals surface area (Å²) in [5, 5.41) is 14.4. The van der Waals surface area contributed by atoms with Crippen molar-refractivity contribution in [2.24, 2.45) is 5.92 Å². The zero-order valence-electron chi connectivity index (χ0n) is 21.9. The van der Waals surface area contributed by atoms with E-state index in [1.54, 1.807) is 56.3 Å². The maximum absolute atomic E-state index is 13.1. The topological polar surface area (TPSA) is 154 Å². The molecule has 3 atom stereocenters. The molecule has 0 heterocycles. The average molecular weight is 547 g/mol. The van der Waals surface area contributed by atoms with Gasteiger partial charge in [0.05, 0.1) is 27.1 Å². The molecular formula is C27H34N2O8S. The minimum absolute atomic E-state index is 0.104. The normalized spacial score (nSPS) is 13.2. The van der Waals surface area contributed by atoms with Crippen LogP contribution in [-0.2, 0) is 42.5 Å². The molecule has 206 valence electrons. The van der Waals surface area contributed by atoms with Crippen molar-refractivity contribution in [3.63, 3.8) is 0 Å². The third kappa shape index (κ3) is 9.71. The molecule has 0 aromatic heterocycles. The first-order valence-electron chi connectivity index (χ1n) is 12.0. The van der Waals surface area contributed by atoms with Crippen LogP contribution >= 0.6 is 0 Å². The van der Waals surface area contributed by atoms with E-state index in [0.717, 1.165) is 5.56 Å². The molecule has 0 aliphatic heterocycles. The lowest BCUT2D eigenvalue weighted by Gasteiger charge is -2.25. The number of aliphatic carboxylic acids is 1. The van der Waals surface area contributed by atoms with Gasteiger partial charge in [-0.2, -0.15) is 0 Å². The van der Waals surface area contributed by atoms with Crippen molar-refractivity contribution in [2.45, 2.75) is 44.5 Å². The second-order valence-corrected chi connectivity index (χ2v) is 10.4. The number of carbonyl (C=O) groups excluding carboxylic acids is 3. The summed E-state index contributed by atoms with van der Waals surface area (Å²) in [6.07, 6.45) is -0.778. The Hall–Kier alpha value is -3.57. The van der Waals surface area contributed by atoms with Crippen LogP contribution < -0.4 is 20.1 Å². The van der Waals surface area contributed by atoms with Crippen LogP contribution in [0.2, 0.25) is 0 Å². The number of carboxylic acids is 1. The Kier molecular flexibility index (Phi) is 12.1. The fourth-order valence-corrected chi connectivity index (χ4v) is 4.89. The Morgan fingerprint density at radius 2 is 1.68 bits per heavy atom. The first-order valence-corrected chi connectivity index (χ1v) is 13.5. The van der Waals surface area contributed by atoms with E-state index in [0.29, 0.717) is 17.1 Å². The Bertz CT molecular complexity index is 1110. The number of nitrogens with one attached hydrogen (secondary N) is 2. The van der Waals surface area contributed by atoms with E-state index in [1.807, 2.05) is 6.07 Å². The van der Waals surface area contributed by atoms with Gasteiger partial charge in [-0.3, -0.25) is 19.2 Å². The smallest absolute Gasteiger partial charge is 0.305 e. The van der Waals surface area contributed by atoms with Crippen LogP contribution in [0.1, 0.15) is 31.4 Å². The molecule has 3 N–H and O–H groups in total. The summed E-state index contributed by atoms with van der Waals surface area (Å²) < 4.78 is 23.0. The fourth-order valence-electron chi connectivity index (χ4n) is 3.70. The third-order valence-electron chi connectivity index (χ3n) is 5.66. The van der Waals surface area contributed by atoms with Crippen LogP contribution in [0, 0.1) is 5.92 Å². The van der Waals surface area contributed by atoms with E-state index < -0.39 is 59.0 Å². The molecule has 11 heteroatoms. The number of carbonyl (C=O) groups is 4. The van der Waals surface area contributed by atoms with Crippen LogP contribution in [0.3, 0.4) is 0 Å². The molecule has 2 rings (SSSR count). The van der Waals surface area contributed by atoms with Gasteiger partial charge in [0, 0.05) is 11.1 Å². The van der Waals surface area contributed by atoms with E-state index in [1.165, 1.54) is 14.2 Å². The highest BCUT2D eigenvalue weighted by Crippen LogP contribution is 2.24. The maximum Gasteiger partial charge on any atom is 0.305 e. The molecule has 0 aliphatic rings. The van der Waals surface area contributed by atoms with Crippen LogP contribution in [0.5, 0.6) is 11.5 Å². The number of ketones is 1. The minimum Gasteiger partial charge on any atom is -0.616 e. The van der Waals surface area contributed by atoms with Gasteiger partial charge in [-0.1, -0.05) is 44.2 Å². The van der Waals surface area contributed by atoms with Gasteiger partial charge >= 0.3 is 5.97 Å². The number of methoxy groups -OCH3 is 2. The second-order valence-electron chi connectivity index (χ2n) is 8.98. The van der Waals surface area contributed by atoms with Crippen LogP contribution in [0.15, 0.2) is 48.5 Å². The largest absolute Gasteiger partial charge is 0.616 e. The molecule has 0 radical (unpaired) electrons. The summed E-state index contributed by atoms with van der Waals surface area (Å²) in [6.45, 7) is 3.42. The highest BCUT2D eigenvalue weighted by Gasteiger charge is 2.32. The lowest BCUT2D eigenvalue weighted by Crippen LogP contribution is -2.55. The summed E-state index contributed by atoms with van der Waals surface area (Å²) in [6, 6.07) is 11.5. The van der Waals surface area contributed by atoms with E-state index >= 15 is 0 Å². The highest BCUT2D eigenvalue weighted by molar-refractivity contribution is 7.91. The predicted molar refractivity (Wildman–Crippen MR) is 142 cm³/mol. The number of hydrogen-bond acceptors (Lipinski definition) is 7. The van der Waals surface area contributed by atoms with Crippen molar-refractivity contribution in [2.75, 3.05) is 20.0 Å². The number of Topliss-reactive ketones (excluding diaryl/α,β-unsaturated/α-hetero) is 1. The van der Waals surface area contributed by atoms with Crippen molar-refractivity contribution < 1.29 is 38.3 Å². The number of rotatable bonds is 15. The van der Waals surface area contributed by atoms with Gasteiger partial charge < -0.3 is 29.8 Å². The number of benzene rings is 2. The van der Waals surface area contributed by atoms with Crippen LogP contribution in [0.4, 0.5) is 0 Å². The maximum atomic E-state index is 13.1. The first kappa shape index (κ1) is 30.7. The summed E-state index contributed by atoms with van der Waals surface area (Å²) in [5.74, 6) is -2.81. The fraction of sp³-hybridized carbons (Fsp3) is 0.407. The van der Waals surface area contributed by atoms with Crippen LogP contribution in [0.25, 0.3) is 0 Å². The molecule has 38 heavy (non-hydrogen) atoms. The summed E-state index contributed by atoms with van der Waals surface area (Å²) in [4.78, 5) is 50.1. The summed E-state index contributed by atoms with van der Waals surface area (Å²) in [7, 11) is 2.97. The zero-order valence-corrected chi connectivity index (χ0v) is 22.7. The first-order chi connectivity index (χ1) is 18.0. The molecule has 0 saturated carbocycles. The molecule has 1 unspecified atom stereocenters. The second kappa shape index (κ2) is 15.0. The van der Waals surface area contributed by atoms with Gasteiger partial charge in [0.2, 0.25) is 17.6 Å². The number of amides is 2. The van der Waals surface area contributed by atoms with Crippen molar-refractivity contribution in [1.82, 2.24) is 10.6 Å². The molecular weight excluding hydrogens is 512 g/mol. The molecule has 2 amide bonds. The molecule has 2 aromatic rings. The molecule has 0 spiro atoms. The molecule has 2 aromatic carbocycles.